The number of piperidine rings is 1. The third kappa shape index (κ3) is 3.75. The van der Waals surface area contributed by atoms with Crippen LogP contribution in [-0.2, 0) is 10.8 Å². The standard InChI is InChI=1S/C18H23N3O2S/c22-24(16-6-2-1-3-7-16)12-11-21-10-4-5-15(13-21)17-19-18(23-20-17)14-8-9-14/h1-3,6-7,14-15H,4-5,8-13H2. The van der Waals surface area contributed by atoms with E-state index < -0.39 is 10.8 Å². The minimum Gasteiger partial charge on any atom is -0.339 e. The summed E-state index contributed by atoms with van der Waals surface area (Å²) in [4.78, 5) is 7.91. The molecule has 1 aliphatic heterocycles. The van der Waals surface area contributed by atoms with Crippen LogP contribution in [0.2, 0.25) is 0 Å². The van der Waals surface area contributed by atoms with Crippen LogP contribution in [0.1, 0.15) is 49.2 Å². The molecule has 1 aliphatic carbocycles. The first-order valence-corrected chi connectivity index (χ1v) is 10.1. The molecule has 24 heavy (non-hydrogen) atoms. The number of hydrogen-bond acceptors (Lipinski definition) is 5. The fraction of sp³-hybridized carbons (Fsp3) is 0.556. The monoisotopic (exact) mass is 345 g/mol. The topological polar surface area (TPSA) is 59.2 Å². The minimum absolute atomic E-state index is 0.347. The Kier molecular flexibility index (Phi) is 4.76. The third-order valence-corrected chi connectivity index (χ3v) is 6.21. The van der Waals surface area contributed by atoms with Crippen LogP contribution in [0.4, 0.5) is 0 Å². The lowest BCUT2D eigenvalue weighted by atomic mass is 9.97. The zero-order chi connectivity index (χ0) is 16.4. The van der Waals surface area contributed by atoms with Crippen molar-refractivity contribution in [2.75, 3.05) is 25.4 Å². The number of nitrogens with zero attached hydrogens (tertiary/aromatic N) is 3. The fourth-order valence-electron chi connectivity index (χ4n) is 3.28. The van der Waals surface area contributed by atoms with E-state index in [-0.39, 0.29) is 0 Å². The number of hydrogen-bond donors (Lipinski definition) is 0. The maximum absolute atomic E-state index is 12.4. The molecule has 2 heterocycles. The van der Waals surface area contributed by atoms with Crippen LogP contribution >= 0.6 is 0 Å². The van der Waals surface area contributed by atoms with E-state index in [1.165, 1.54) is 12.8 Å². The van der Waals surface area contributed by atoms with Crippen LogP contribution in [0, 0.1) is 0 Å². The lowest BCUT2D eigenvalue weighted by Crippen LogP contribution is -2.37. The van der Waals surface area contributed by atoms with Gasteiger partial charge in [0.1, 0.15) is 0 Å². The van der Waals surface area contributed by atoms with Gasteiger partial charge in [-0.1, -0.05) is 23.4 Å². The third-order valence-electron chi connectivity index (χ3n) is 4.85. The van der Waals surface area contributed by atoms with Crippen molar-refractivity contribution in [3.05, 3.63) is 42.0 Å². The summed E-state index contributed by atoms with van der Waals surface area (Å²) in [7, 11) is -0.926. The molecule has 2 aliphatic rings. The summed E-state index contributed by atoms with van der Waals surface area (Å²) in [6.07, 6.45) is 4.62. The van der Waals surface area contributed by atoms with E-state index in [1.807, 2.05) is 30.3 Å². The van der Waals surface area contributed by atoms with Crippen LogP contribution in [0.25, 0.3) is 0 Å². The predicted octanol–water partition coefficient (Wildman–Crippen LogP) is 2.93. The van der Waals surface area contributed by atoms with Crippen LogP contribution in [0.3, 0.4) is 0 Å². The molecule has 2 atom stereocenters. The average Bonchev–Trinajstić information content (AvgIpc) is 3.37. The van der Waals surface area contributed by atoms with Gasteiger partial charge in [0.2, 0.25) is 5.89 Å². The average molecular weight is 345 g/mol. The van der Waals surface area contributed by atoms with Gasteiger partial charge in [-0.3, -0.25) is 4.21 Å². The maximum Gasteiger partial charge on any atom is 0.229 e. The van der Waals surface area contributed by atoms with E-state index in [0.29, 0.717) is 17.6 Å². The van der Waals surface area contributed by atoms with Crippen molar-refractivity contribution in [3.63, 3.8) is 0 Å². The fourth-order valence-corrected chi connectivity index (χ4v) is 4.40. The molecule has 0 N–H and O–H groups in total. The Balaban J connectivity index is 1.32. The van der Waals surface area contributed by atoms with Crippen molar-refractivity contribution < 1.29 is 8.73 Å². The summed E-state index contributed by atoms with van der Waals surface area (Å²) in [6, 6.07) is 9.72. The van der Waals surface area contributed by atoms with E-state index in [9.17, 15) is 4.21 Å². The lowest BCUT2D eigenvalue weighted by Gasteiger charge is -2.30. The van der Waals surface area contributed by atoms with Gasteiger partial charge in [-0.15, -0.1) is 0 Å². The largest absolute Gasteiger partial charge is 0.339 e. The Bertz CT molecular complexity index is 699. The van der Waals surface area contributed by atoms with Crippen LogP contribution in [-0.4, -0.2) is 44.6 Å². The van der Waals surface area contributed by atoms with Crippen LogP contribution in [0.5, 0.6) is 0 Å². The van der Waals surface area contributed by atoms with Crippen LogP contribution in [0.15, 0.2) is 39.8 Å². The van der Waals surface area contributed by atoms with Gasteiger partial charge in [0.05, 0.1) is 10.8 Å². The normalized spacial score (nSPS) is 23.2. The smallest absolute Gasteiger partial charge is 0.229 e. The molecule has 1 saturated heterocycles. The van der Waals surface area contributed by atoms with Crippen molar-refractivity contribution >= 4 is 10.8 Å². The van der Waals surface area contributed by atoms with Crippen molar-refractivity contribution in [1.82, 2.24) is 15.0 Å². The Morgan fingerprint density at radius 2 is 2.00 bits per heavy atom. The molecule has 1 saturated carbocycles. The highest BCUT2D eigenvalue weighted by atomic mass is 32.2. The quantitative estimate of drug-likeness (QED) is 0.806. The molecule has 1 aromatic heterocycles. The van der Waals surface area contributed by atoms with Gasteiger partial charge >= 0.3 is 0 Å². The van der Waals surface area contributed by atoms with E-state index in [0.717, 1.165) is 49.1 Å². The van der Waals surface area contributed by atoms with E-state index in [4.69, 9.17) is 4.52 Å². The Morgan fingerprint density at radius 3 is 2.79 bits per heavy atom. The van der Waals surface area contributed by atoms with Crippen molar-refractivity contribution in [2.24, 2.45) is 0 Å². The molecular weight excluding hydrogens is 322 g/mol. The summed E-state index contributed by atoms with van der Waals surface area (Å²) in [5.74, 6) is 3.23. The Morgan fingerprint density at radius 1 is 1.17 bits per heavy atom. The summed E-state index contributed by atoms with van der Waals surface area (Å²) >= 11 is 0. The van der Waals surface area contributed by atoms with E-state index in [2.05, 4.69) is 15.0 Å². The summed E-state index contributed by atoms with van der Waals surface area (Å²) in [5, 5.41) is 4.21. The molecule has 0 amide bonds. The molecule has 1 aromatic carbocycles. The summed E-state index contributed by atoms with van der Waals surface area (Å²) in [6.45, 7) is 2.86. The SMILES string of the molecule is O=S(CCN1CCCC(c2noc(C3CC3)n2)C1)c1ccccc1. The Hall–Kier alpha value is -1.53. The predicted molar refractivity (Wildman–Crippen MR) is 92.4 cm³/mol. The van der Waals surface area contributed by atoms with Crippen molar-refractivity contribution in [3.8, 4) is 0 Å². The molecule has 4 rings (SSSR count). The number of aromatic nitrogens is 2. The van der Waals surface area contributed by atoms with Gasteiger partial charge in [0.15, 0.2) is 5.82 Å². The molecule has 6 heteroatoms. The first-order chi connectivity index (χ1) is 11.8. The van der Waals surface area contributed by atoms with Gasteiger partial charge < -0.3 is 9.42 Å². The van der Waals surface area contributed by atoms with Gasteiger partial charge in [-0.2, -0.15) is 4.98 Å². The lowest BCUT2D eigenvalue weighted by molar-refractivity contribution is 0.212. The highest BCUT2D eigenvalue weighted by molar-refractivity contribution is 7.85. The van der Waals surface area contributed by atoms with Gasteiger partial charge in [0.25, 0.3) is 0 Å². The highest BCUT2D eigenvalue weighted by Crippen LogP contribution is 2.39. The van der Waals surface area contributed by atoms with Crippen molar-refractivity contribution in [2.45, 2.75) is 42.4 Å². The molecule has 0 bridgehead atoms. The highest BCUT2D eigenvalue weighted by Gasteiger charge is 2.32. The molecule has 2 aromatic rings. The van der Waals surface area contributed by atoms with Gasteiger partial charge in [-0.25, -0.2) is 0 Å². The van der Waals surface area contributed by atoms with Crippen molar-refractivity contribution in [1.29, 1.82) is 0 Å². The minimum atomic E-state index is -0.926. The molecule has 128 valence electrons. The molecule has 0 radical (unpaired) electrons. The summed E-state index contributed by atoms with van der Waals surface area (Å²) in [5.41, 5.74) is 0. The van der Waals surface area contributed by atoms with E-state index in [1.54, 1.807) is 0 Å². The summed E-state index contributed by atoms with van der Waals surface area (Å²) < 4.78 is 17.8. The van der Waals surface area contributed by atoms with E-state index >= 15 is 0 Å². The van der Waals surface area contributed by atoms with Crippen LogP contribution < -0.4 is 0 Å². The number of likely N-dealkylation sites (tertiary alicyclic amines) is 1. The number of benzene rings is 1. The first kappa shape index (κ1) is 16.0. The zero-order valence-electron chi connectivity index (χ0n) is 13.8. The maximum atomic E-state index is 12.4. The number of rotatable bonds is 6. The van der Waals surface area contributed by atoms with Gasteiger partial charge in [-0.05, 0) is 44.4 Å². The molecule has 0 spiro atoms. The molecule has 2 unspecified atom stereocenters. The molecule has 2 fully saturated rings. The molecule has 5 nitrogen and oxygen atoms in total. The second kappa shape index (κ2) is 7.15. The Labute approximate surface area is 144 Å². The zero-order valence-corrected chi connectivity index (χ0v) is 14.6. The second-order valence-corrected chi connectivity index (χ2v) is 8.34. The van der Waals surface area contributed by atoms with Gasteiger partial charge in [0, 0.05) is 35.6 Å². The second-order valence-electron chi connectivity index (χ2n) is 6.77. The molecular formula is C18H23N3O2S. The first-order valence-electron chi connectivity index (χ1n) is 8.79.